The molecule has 1 aromatic heterocycles. The van der Waals surface area contributed by atoms with Crippen LogP contribution in [0.1, 0.15) is 23.0 Å². The highest BCUT2D eigenvalue weighted by Crippen LogP contribution is 2.38. The molecular formula is C17H14F7N3O2. The van der Waals surface area contributed by atoms with Crippen molar-refractivity contribution in [1.29, 1.82) is 0 Å². The summed E-state index contributed by atoms with van der Waals surface area (Å²) < 4.78 is 91.1. The largest absolute Gasteiger partial charge is 0.418 e. The van der Waals surface area contributed by atoms with Gasteiger partial charge in [-0.15, -0.1) is 0 Å². The molecular weight excluding hydrogens is 411 g/mol. The standard InChI is InChI=1S/C17H14F7N3O2/c1-15(29,17(22,23)24)7-26-14(28)13-11(25)6-10(16(19,20)21)12(27-13)8-2-4-9(18)5-3-8/h2-6,29H,7,25H2,1H3,(H,26,28). The summed E-state index contributed by atoms with van der Waals surface area (Å²) in [5.41, 5.74) is -1.65. The van der Waals surface area contributed by atoms with Crippen LogP contribution in [0.5, 0.6) is 0 Å². The summed E-state index contributed by atoms with van der Waals surface area (Å²) in [6, 6.07) is 4.11. The summed E-state index contributed by atoms with van der Waals surface area (Å²) in [5.74, 6) is -2.06. The minimum atomic E-state index is -5.07. The molecule has 0 spiro atoms. The summed E-state index contributed by atoms with van der Waals surface area (Å²) in [4.78, 5) is 15.7. The molecule has 158 valence electrons. The molecule has 1 atom stereocenters. The van der Waals surface area contributed by atoms with Gasteiger partial charge in [0.2, 0.25) is 0 Å². The van der Waals surface area contributed by atoms with E-state index in [0.717, 1.165) is 24.3 Å². The highest BCUT2D eigenvalue weighted by atomic mass is 19.4. The van der Waals surface area contributed by atoms with Crippen molar-refractivity contribution in [3.05, 3.63) is 47.4 Å². The van der Waals surface area contributed by atoms with Crippen LogP contribution in [0.2, 0.25) is 0 Å². The van der Waals surface area contributed by atoms with Crippen molar-refractivity contribution in [3.63, 3.8) is 0 Å². The molecule has 0 fully saturated rings. The molecule has 0 aliphatic heterocycles. The predicted molar refractivity (Wildman–Crippen MR) is 88.1 cm³/mol. The molecule has 0 saturated heterocycles. The molecule has 0 radical (unpaired) electrons. The van der Waals surface area contributed by atoms with Gasteiger partial charge < -0.3 is 16.2 Å². The quantitative estimate of drug-likeness (QED) is 0.654. The maximum Gasteiger partial charge on any atom is 0.418 e. The minimum absolute atomic E-state index is 0.199. The number of nitrogens with two attached hydrogens (primary N) is 1. The number of carbonyl (C=O) groups excluding carboxylic acids is 1. The van der Waals surface area contributed by atoms with Crippen LogP contribution in [-0.2, 0) is 6.18 Å². The highest BCUT2D eigenvalue weighted by molar-refractivity contribution is 5.98. The lowest BCUT2D eigenvalue weighted by atomic mass is 10.0. The Hall–Kier alpha value is -2.89. The van der Waals surface area contributed by atoms with Crippen molar-refractivity contribution in [2.24, 2.45) is 0 Å². The van der Waals surface area contributed by atoms with Crippen molar-refractivity contribution in [1.82, 2.24) is 10.3 Å². The monoisotopic (exact) mass is 425 g/mol. The van der Waals surface area contributed by atoms with Crippen molar-refractivity contribution < 1.29 is 40.6 Å². The molecule has 4 N–H and O–H groups in total. The summed E-state index contributed by atoms with van der Waals surface area (Å²) >= 11 is 0. The number of carbonyl (C=O) groups is 1. The van der Waals surface area contributed by atoms with E-state index in [-0.39, 0.29) is 5.56 Å². The van der Waals surface area contributed by atoms with Gasteiger partial charge >= 0.3 is 12.4 Å². The first-order chi connectivity index (χ1) is 13.1. The number of aliphatic hydroxyl groups is 1. The van der Waals surface area contributed by atoms with E-state index in [1.807, 2.05) is 0 Å². The van der Waals surface area contributed by atoms with Gasteiger partial charge in [0.1, 0.15) is 5.82 Å². The van der Waals surface area contributed by atoms with Gasteiger partial charge in [-0.1, -0.05) is 0 Å². The lowest BCUT2D eigenvalue weighted by Gasteiger charge is -2.26. The molecule has 1 aromatic carbocycles. The number of hydrogen-bond acceptors (Lipinski definition) is 4. The number of hydrogen-bond donors (Lipinski definition) is 3. The number of nitrogen functional groups attached to an aromatic ring is 1. The van der Waals surface area contributed by atoms with E-state index < -0.39 is 58.9 Å². The predicted octanol–water partition coefficient (Wildman–Crippen LogP) is 3.53. The Morgan fingerprint density at radius 2 is 1.69 bits per heavy atom. The first-order valence-corrected chi connectivity index (χ1v) is 7.84. The van der Waals surface area contributed by atoms with Gasteiger partial charge in [0.05, 0.1) is 23.5 Å². The van der Waals surface area contributed by atoms with E-state index in [9.17, 15) is 40.6 Å². The lowest BCUT2D eigenvalue weighted by Crippen LogP contribution is -2.51. The van der Waals surface area contributed by atoms with Gasteiger partial charge in [-0.2, -0.15) is 26.3 Å². The molecule has 0 bridgehead atoms. The number of halogens is 7. The van der Waals surface area contributed by atoms with Crippen LogP contribution >= 0.6 is 0 Å². The Labute approximate surface area is 159 Å². The van der Waals surface area contributed by atoms with Crippen LogP contribution in [0.25, 0.3) is 11.3 Å². The minimum Gasteiger partial charge on any atom is -0.397 e. The lowest BCUT2D eigenvalue weighted by molar-refractivity contribution is -0.249. The molecule has 1 unspecified atom stereocenters. The van der Waals surface area contributed by atoms with E-state index in [4.69, 9.17) is 5.73 Å². The zero-order valence-electron chi connectivity index (χ0n) is 14.6. The number of amides is 1. The van der Waals surface area contributed by atoms with Gasteiger partial charge in [-0.3, -0.25) is 4.79 Å². The number of benzene rings is 1. The smallest absolute Gasteiger partial charge is 0.397 e. The second-order valence-electron chi connectivity index (χ2n) is 6.28. The number of rotatable bonds is 4. The van der Waals surface area contributed by atoms with E-state index in [1.54, 1.807) is 5.32 Å². The van der Waals surface area contributed by atoms with Crippen molar-refractivity contribution >= 4 is 11.6 Å². The fraction of sp³-hybridized carbons (Fsp3) is 0.294. The molecule has 12 heteroatoms. The van der Waals surface area contributed by atoms with E-state index in [0.29, 0.717) is 13.0 Å². The van der Waals surface area contributed by atoms with Crippen LogP contribution in [0.3, 0.4) is 0 Å². The molecule has 29 heavy (non-hydrogen) atoms. The summed E-state index contributed by atoms with van der Waals surface area (Å²) in [6.07, 6.45) is -10.0. The first kappa shape index (κ1) is 22.4. The van der Waals surface area contributed by atoms with Crippen LogP contribution in [0.15, 0.2) is 30.3 Å². The van der Waals surface area contributed by atoms with Gasteiger partial charge in [-0.05, 0) is 37.3 Å². The van der Waals surface area contributed by atoms with Crippen molar-refractivity contribution in [2.75, 3.05) is 12.3 Å². The second-order valence-corrected chi connectivity index (χ2v) is 6.28. The second kappa shape index (κ2) is 7.50. The number of alkyl halides is 6. The number of pyridine rings is 1. The molecule has 0 aliphatic rings. The topological polar surface area (TPSA) is 88.2 Å². The average Bonchev–Trinajstić information content (AvgIpc) is 2.58. The molecule has 5 nitrogen and oxygen atoms in total. The van der Waals surface area contributed by atoms with Crippen LogP contribution in [0.4, 0.5) is 36.4 Å². The van der Waals surface area contributed by atoms with Crippen LogP contribution in [-0.4, -0.2) is 34.3 Å². The Morgan fingerprint density at radius 3 is 2.17 bits per heavy atom. The molecule has 0 saturated carbocycles. The molecule has 1 heterocycles. The maximum atomic E-state index is 13.3. The Morgan fingerprint density at radius 1 is 1.14 bits per heavy atom. The highest BCUT2D eigenvalue weighted by Gasteiger charge is 2.50. The normalized spacial score (nSPS) is 14.4. The molecule has 2 aromatic rings. The van der Waals surface area contributed by atoms with Crippen LogP contribution in [0, 0.1) is 5.82 Å². The van der Waals surface area contributed by atoms with E-state index in [2.05, 4.69) is 4.98 Å². The number of nitrogens with one attached hydrogen (secondary N) is 1. The van der Waals surface area contributed by atoms with Crippen molar-refractivity contribution in [2.45, 2.75) is 24.9 Å². The fourth-order valence-electron chi connectivity index (χ4n) is 2.19. The van der Waals surface area contributed by atoms with Crippen molar-refractivity contribution in [3.8, 4) is 11.3 Å². The zero-order chi connectivity index (χ0) is 22.2. The van der Waals surface area contributed by atoms with Gasteiger partial charge in [0.15, 0.2) is 11.3 Å². The maximum absolute atomic E-state index is 13.3. The number of aromatic nitrogens is 1. The first-order valence-electron chi connectivity index (χ1n) is 7.84. The molecule has 1 amide bonds. The summed E-state index contributed by atoms with van der Waals surface area (Å²) in [7, 11) is 0. The Balaban J connectivity index is 2.47. The van der Waals surface area contributed by atoms with Crippen LogP contribution < -0.4 is 11.1 Å². The van der Waals surface area contributed by atoms with E-state index in [1.165, 1.54) is 0 Å². The summed E-state index contributed by atoms with van der Waals surface area (Å²) in [6.45, 7) is -0.885. The SMILES string of the molecule is CC(O)(CNC(=O)c1nc(-c2ccc(F)cc2)c(C(F)(F)F)cc1N)C(F)(F)F. The third-order valence-corrected chi connectivity index (χ3v) is 3.89. The molecule has 2 rings (SSSR count). The Kier molecular flexibility index (Phi) is 5.79. The van der Waals surface area contributed by atoms with Gasteiger partial charge in [0.25, 0.3) is 5.91 Å². The van der Waals surface area contributed by atoms with E-state index >= 15 is 0 Å². The van der Waals surface area contributed by atoms with Gasteiger partial charge in [0, 0.05) is 5.56 Å². The number of anilines is 1. The fourth-order valence-corrected chi connectivity index (χ4v) is 2.19. The zero-order valence-corrected chi connectivity index (χ0v) is 14.6. The van der Waals surface area contributed by atoms with Gasteiger partial charge in [-0.25, -0.2) is 9.37 Å². The Bertz CT molecular complexity index is 907. The third-order valence-electron chi connectivity index (χ3n) is 3.89. The summed E-state index contributed by atoms with van der Waals surface area (Å²) in [5, 5.41) is 11.1. The average molecular weight is 425 g/mol. The number of nitrogens with zero attached hydrogens (tertiary/aromatic N) is 1. The molecule has 0 aliphatic carbocycles. The third kappa shape index (κ3) is 4.94.